The summed E-state index contributed by atoms with van der Waals surface area (Å²) in [6.07, 6.45) is 24.3. The van der Waals surface area contributed by atoms with E-state index in [1.54, 1.807) is 11.1 Å². The molecular formula is C106H96B3N5OS2. The van der Waals surface area contributed by atoms with Crippen LogP contribution in [-0.4, -0.2) is 20.1 Å². The maximum atomic E-state index is 8.40. The highest BCUT2D eigenvalue weighted by Gasteiger charge is 2.59. The van der Waals surface area contributed by atoms with Crippen molar-refractivity contribution >= 4 is 190 Å². The van der Waals surface area contributed by atoms with Crippen molar-refractivity contribution in [1.82, 2.24) is 0 Å². The molecule has 12 bridgehead atoms. The first-order valence-corrected chi connectivity index (χ1v) is 46.7. The molecule has 6 nitrogen and oxygen atoms in total. The summed E-state index contributed by atoms with van der Waals surface area (Å²) in [6, 6.07) is 79.3. The topological polar surface area (TPSA) is 34.2 Å². The molecule has 0 radical (unpaired) electrons. The van der Waals surface area contributed by atoms with Gasteiger partial charge in [-0.25, -0.2) is 0 Å². The molecule has 0 spiro atoms. The van der Waals surface area contributed by atoms with Gasteiger partial charge in [-0.1, -0.05) is 120 Å². The van der Waals surface area contributed by atoms with Crippen LogP contribution >= 0.6 is 22.7 Å². The molecule has 11 aromatic carbocycles. The fraction of sp³-hybridized carbons (Fsp3) is 0.340. The van der Waals surface area contributed by atoms with Crippen LogP contribution < -0.4 is 77.4 Å². The Kier molecular flexibility index (Phi) is 13.5. The van der Waals surface area contributed by atoms with E-state index < -0.39 is 0 Å². The smallest absolute Gasteiger partial charge is 0.264 e. The Bertz CT molecular complexity index is 6480. The number of hydrogen-bond acceptors (Lipinski definition) is 8. The second-order valence-corrected chi connectivity index (χ2v) is 43.2. The average molecular weight is 1550 g/mol. The number of ether oxygens (including phenoxy) is 1. The van der Waals surface area contributed by atoms with Gasteiger partial charge in [-0.15, -0.1) is 22.7 Å². The van der Waals surface area contributed by atoms with Gasteiger partial charge in [-0.3, -0.25) is 0 Å². The van der Waals surface area contributed by atoms with E-state index in [-0.39, 0.29) is 36.4 Å². The number of anilines is 14. The summed E-state index contributed by atoms with van der Waals surface area (Å²) in [4.78, 5) is 11.1. The van der Waals surface area contributed by atoms with Gasteiger partial charge < -0.3 is 29.7 Å². The predicted octanol–water partition coefficient (Wildman–Crippen LogP) is 22.2. The van der Waals surface area contributed by atoms with Crippen molar-refractivity contribution in [3.63, 3.8) is 0 Å². The summed E-state index contributed by atoms with van der Waals surface area (Å²) in [5.74, 6) is 9.23. The van der Waals surface area contributed by atoms with Crippen LogP contribution in [0.3, 0.4) is 0 Å². The lowest BCUT2D eigenvalue weighted by Gasteiger charge is -2.57. The molecule has 11 heteroatoms. The molecule has 0 unspecified atom stereocenters. The Balaban J connectivity index is 0.736. The van der Waals surface area contributed by atoms with Crippen molar-refractivity contribution in [3.05, 3.63) is 244 Å². The highest BCUT2D eigenvalue weighted by molar-refractivity contribution is 7.34. The van der Waals surface area contributed by atoms with Crippen LogP contribution in [0.4, 0.5) is 79.6 Å². The molecule has 6 aliphatic heterocycles. The summed E-state index contributed by atoms with van der Waals surface area (Å²) in [6.45, 7) is 13.9. The maximum absolute atomic E-state index is 8.40. The highest BCUT2D eigenvalue weighted by Crippen LogP contribution is 2.66. The first-order valence-electron chi connectivity index (χ1n) is 45.0. The largest absolute Gasteiger partial charge is 0.458 e. The normalized spacial score (nSPS) is 27.7. The zero-order valence-corrected chi connectivity index (χ0v) is 69.8. The van der Waals surface area contributed by atoms with E-state index in [1.165, 1.54) is 302 Å². The van der Waals surface area contributed by atoms with Crippen LogP contribution in [-0.2, 0) is 16.2 Å². The molecule has 31 rings (SSSR count). The third-order valence-electron chi connectivity index (χ3n) is 33.7. The Morgan fingerprint density at radius 3 is 1.16 bits per heavy atom. The van der Waals surface area contributed by atoms with Gasteiger partial charge in [0, 0.05) is 92.7 Å². The van der Waals surface area contributed by atoms with Crippen molar-refractivity contribution in [1.29, 1.82) is 0 Å². The summed E-state index contributed by atoms with van der Waals surface area (Å²) < 4.78 is 13.9. The predicted molar refractivity (Wildman–Crippen MR) is 494 cm³/mol. The number of thiophene rings is 2. The number of aryl methyl sites for hydroxylation is 6. The Morgan fingerprint density at radius 2 is 0.692 bits per heavy atom. The first kappa shape index (κ1) is 67.3. The number of para-hydroxylation sites is 2. The minimum atomic E-state index is -0.190. The van der Waals surface area contributed by atoms with Gasteiger partial charge in [-0.2, -0.15) is 0 Å². The second kappa shape index (κ2) is 23.4. The van der Waals surface area contributed by atoms with E-state index in [2.05, 4.69) is 261 Å². The standard InChI is InChI=1S/C106H96B3N5OS2/c1-57-25-59(3)98(60(4)26-57)113-85-46-83-79(108-95-84(110-83)38-72(104-48-63-29-64(49-104)31-65(30-63)50-104)39-87(95)111(75-17-9-7-10-18-75)100-77-21-13-15-23-93(77)116-102(100)108)44-80(85)107-82-45-81-86(47-91(82)115-92-43-74(42-90(113)97(92)107)106-54-69-35-70(55-106)37-71(36-69)56-106)114(99-61(5)27-58(2)28-62(99)6)89-41-73(105-51-66-32-67(52-105)34-68(33-66)53-105)40-88-96(89)109(81)103-101(78-22-14-16-24-94(78)117-103)112(88)76-19-11-8-12-20-76/h7-28,38-47,63-71,110H,29-37,48-56H2,1-6H3. The Hall–Kier alpha value is -9.67. The molecule has 1 N–H and O–H groups in total. The van der Waals surface area contributed by atoms with E-state index in [0.717, 1.165) is 64.8 Å². The summed E-state index contributed by atoms with van der Waals surface area (Å²) in [5.41, 5.74) is 40.6. The molecule has 12 saturated carbocycles. The van der Waals surface area contributed by atoms with Gasteiger partial charge in [0.1, 0.15) is 11.5 Å². The van der Waals surface area contributed by atoms with Gasteiger partial charge >= 0.3 is 0 Å². The number of benzene rings is 11. The zero-order valence-electron chi connectivity index (χ0n) is 68.1. The van der Waals surface area contributed by atoms with E-state index in [1.807, 2.05) is 22.7 Å². The molecule has 18 aliphatic rings. The average Bonchev–Trinajstić information content (AvgIpc) is 1.45. The minimum Gasteiger partial charge on any atom is -0.458 e. The van der Waals surface area contributed by atoms with E-state index >= 15 is 0 Å². The van der Waals surface area contributed by atoms with Gasteiger partial charge in [0.05, 0.1) is 22.7 Å². The van der Waals surface area contributed by atoms with Crippen molar-refractivity contribution < 1.29 is 4.74 Å². The number of fused-ring (bicyclic) bond motifs is 16. The van der Waals surface area contributed by atoms with Gasteiger partial charge in [0.25, 0.3) is 20.1 Å². The molecule has 572 valence electrons. The number of nitrogens with zero attached hydrogens (tertiary/aromatic N) is 4. The first-order chi connectivity index (χ1) is 57.2. The molecular weight excluding hydrogens is 1460 g/mol. The molecule has 0 saturated heterocycles. The monoisotopic (exact) mass is 1550 g/mol. The molecule has 12 aliphatic carbocycles. The van der Waals surface area contributed by atoms with Crippen LogP contribution in [0.25, 0.3) is 20.2 Å². The fourth-order valence-corrected chi connectivity index (χ4v) is 33.7. The second-order valence-electron chi connectivity index (χ2n) is 41.0. The van der Waals surface area contributed by atoms with Crippen LogP contribution in [0, 0.1) is 94.8 Å². The lowest BCUT2D eigenvalue weighted by Crippen LogP contribution is -2.65. The van der Waals surface area contributed by atoms with E-state index in [9.17, 15) is 0 Å². The molecule has 12 fully saturated rings. The van der Waals surface area contributed by atoms with Crippen molar-refractivity contribution in [3.8, 4) is 11.5 Å². The summed E-state index contributed by atoms with van der Waals surface area (Å²) >= 11 is 4.08. The van der Waals surface area contributed by atoms with Crippen LogP contribution in [0.1, 0.15) is 166 Å². The van der Waals surface area contributed by atoms with Crippen LogP contribution in [0.2, 0.25) is 0 Å². The van der Waals surface area contributed by atoms with Crippen LogP contribution in [0.5, 0.6) is 11.5 Å². The summed E-state index contributed by atoms with van der Waals surface area (Å²) in [7, 11) is 0. The van der Waals surface area contributed by atoms with Crippen molar-refractivity contribution in [2.24, 2.45) is 53.3 Å². The maximum Gasteiger partial charge on any atom is 0.264 e. The fourth-order valence-electron chi connectivity index (χ4n) is 31.0. The lowest BCUT2D eigenvalue weighted by atomic mass is 9.30. The van der Waals surface area contributed by atoms with Crippen molar-refractivity contribution in [2.75, 3.05) is 24.9 Å². The number of hydrogen-bond donors (Lipinski definition) is 1. The zero-order chi connectivity index (χ0) is 76.9. The van der Waals surface area contributed by atoms with Crippen LogP contribution in [0.15, 0.2) is 194 Å². The summed E-state index contributed by atoms with van der Waals surface area (Å²) in [5, 5.41) is 7.23. The van der Waals surface area contributed by atoms with Gasteiger partial charge in [-0.05, 0) is 383 Å². The number of rotatable bonds is 7. The molecule has 0 amide bonds. The molecule has 2 aromatic heterocycles. The minimum absolute atomic E-state index is 0.0400. The molecule has 117 heavy (non-hydrogen) atoms. The van der Waals surface area contributed by atoms with E-state index in [4.69, 9.17) is 4.74 Å². The quantitative estimate of drug-likeness (QED) is 0.160. The lowest BCUT2D eigenvalue weighted by molar-refractivity contribution is -0.00531. The number of nitrogens with one attached hydrogen (secondary N) is 1. The molecule has 8 heterocycles. The van der Waals surface area contributed by atoms with Gasteiger partial charge in [0.15, 0.2) is 0 Å². The van der Waals surface area contributed by atoms with Gasteiger partial charge in [0.2, 0.25) is 0 Å². The Labute approximate surface area is 697 Å². The van der Waals surface area contributed by atoms with E-state index in [0.29, 0.717) is 0 Å². The molecule has 0 atom stereocenters. The third kappa shape index (κ3) is 9.17. The SMILES string of the molecule is Cc1cc(C)c(N2c3cc4c(cc3B3c5cc6c(cc5Oc5cc(C78CC9CC(CC(C9)C7)C8)cc2c53)N(c2c(C)cc(C)cc2C)c2cc(C35CC7CC(CC(C7)C3)C5)cc3c2B6c2sc5ccccc5c2N3c2ccccc2)B2c3sc5ccccc5c3N(c3ccccc3)c3cc(C56CC7CC(CC(C7)C5)C6)cc(c32)N4)c(C)c1. The molecule has 13 aromatic rings. The Morgan fingerprint density at radius 1 is 0.316 bits per heavy atom. The highest BCUT2D eigenvalue weighted by atomic mass is 32.1. The third-order valence-corrected chi connectivity index (χ3v) is 36.1. The van der Waals surface area contributed by atoms with Crippen molar-refractivity contribution in [2.45, 2.75) is 173 Å².